The summed E-state index contributed by atoms with van der Waals surface area (Å²) in [5, 5.41) is 14.4. The molecule has 0 aromatic heterocycles. The summed E-state index contributed by atoms with van der Waals surface area (Å²) >= 11 is 0. The van der Waals surface area contributed by atoms with Gasteiger partial charge in [-0.3, -0.25) is 9.59 Å². The number of rotatable bonds is 9. The van der Waals surface area contributed by atoms with E-state index in [4.69, 9.17) is 0 Å². The van der Waals surface area contributed by atoms with Gasteiger partial charge < -0.3 is 15.7 Å². The molecule has 166 valence electrons. The highest BCUT2D eigenvalue weighted by Crippen LogP contribution is 2.29. The molecule has 0 unspecified atom stereocenters. The number of halogens is 3. The molecule has 0 aliphatic heterocycles. The molecule has 2 atom stereocenters. The van der Waals surface area contributed by atoms with Crippen molar-refractivity contribution in [1.82, 2.24) is 10.6 Å². The Morgan fingerprint density at radius 3 is 1.97 bits per heavy atom. The van der Waals surface area contributed by atoms with Crippen LogP contribution in [-0.2, 0) is 27.0 Å². The fourth-order valence-corrected chi connectivity index (χ4v) is 2.90. The molecule has 0 saturated heterocycles. The third kappa shape index (κ3) is 7.76. The van der Waals surface area contributed by atoms with E-state index < -0.39 is 29.7 Å². The monoisotopic (exact) mass is 436 g/mol. The van der Waals surface area contributed by atoms with E-state index in [-0.39, 0.29) is 31.2 Å². The summed E-state index contributed by atoms with van der Waals surface area (Å²) in [6.45, 7) is 1.80. The maximum absolute atomic E-state index is 12.6. The van der Waals surface area contributed by atoms with Gasteiger partial charge in [0.05, 0.1) is 11.6 Å². The van der Waals surface area contributed by atoms with Crippen molar-refractivity contribution in [3.63, 3.8) is 0 Å². The minimum atomic E-state index is -4.49. The molecule has 2 rings (SSSR count). The summed E-state index contributed by atoms with van der Waals surface area (Å²) in [7, 11) is 0. The lowest BCUT2D eigenvalue weighted by Gasteiger charge is -2.16. The molecular formula is C22H23F3N2O4. The Balaban J connectivity index is 1.85. The molecule has 0 spiro atoms. The van der Waals surface area contributed by atoms with Crippen molar-refractivity contribution in [2.75, 3.05) is 0 Å². The van der Waals surface area contributed by atoms with Crippen LogP contribution in [0.2, 0.25) is 0 Å². The van der Waals surface area contributed by atoms with Gasteiger partial charge in [-0.2, -0.15) is 13.2 Å². The van der Waals surface area contributed by atoms with Crippen LogP contribution >= 0.6 is 0 Å². The summed E-state index contributed by atoms with van der Waals surface area (Å²) in [6.07, 6.45) is -5.02. The van der Waals surface area contributed by atoms with Crippen LogP contribution in [0.4, 0.5) is 13.2 Å². The zero-order valence-electron chi connectivity index (χ0n) is 16.8. The molecule has 31 heavy (non-hydrogen) atoms. The molecule has 0 aliphatic carbocycles. The third-order valence-corrected chi connectivity index (χ3v) is 4.61. The molecule has 0 saturated carbocycles. The highest BCUT2D eigenvalue weighted by molar-refractivity contribution is 5.87. The summed E-state index contributed by atoms with van der Waals surface area (Å²) in [6, 6.07) is 11.7. The SMILES string of the molecule is C[C@@H](NC(=O)CCC(=O)N[C@H](Cc1ccc(C(F)(F)F)cc1)C(=O)O)c1ccccc1. The number of amides is 2. The lowest BCUT2D eigenvalue weighted by Crippen LogP contribution is -2.42. The lowest BCUT2D eigenvalue weighted by molar-refractivity contribution is -0.142. The van der Waals surface area contributed by atoms with Gasteiger partial charge in [-0.1, -0.05) is 42.5 Å². The fraction of sp³-hybridized carbons (Fsp3) is 0.318. The van der Waals surface area contributed by atoms with Crippen LogP contribution in [0.25, 0.3) is 0 Å². The van der Waals surface area contributed by atoms with E-state index in [0.29, 0.717) is 5.56 Å². The third-order valence-electron chi connectivity index (χ3n) is 4.61. The molecule has 2 aromatic rings. The van der Waals surface area contributed by atoms with Gasteiger partial charge in [-0.25, -0.2) is 4.79 Å². The Labute approximate surface area is 177 Å². The van der Waals surface area contributed by atoms with E-state index in [1.54, 1.807) is 6.92 Å². The van der Waals surface area contributed by atoms with Crippen LogP contribution in [0.15, 0.2) is 54.6 Å². The van der Waals surface area contributed by atoms with Crippen molar-refractivity contribution in [3.05, 3.63) is 71.3 Å². The van der Waals surface area contributed by atoms with Crippen molar-refractivity contribution in [2.24, 2.45) is 0 Å². The first kappa shape index (κ1) is 23.9. The molecule has 0 fully saturated rings. The maximum atomic E-state index is 12.6. The standard InChI is InChI=1S/C22H23F3N2O4/c1-14(16-5-3-2-4-6-16)26-19(28)11-12-20(29)27-18(21(30)31)13-15-7-9-17(10-8-15)22(23,24)25/h2-10,14,18H,11-13H2,1H3,(H,26,28)(H,27,29)(H,30,31)/t14-,18-/m1/s1. The second-order valence-electron chi connectivity index (χ2n) is 7.06. The molecule has 2 amide bonds. The second-order valence-corrected chi connectivity index (χ2v) is 7.06. The summed E-state index contributed by atoms with van der Waals surface area (Å²) in [5.41, 5.74) is 0.390. The van der Waals surface area contributed by atoms with E-state index in [1.807, 2.05) is 30.3 Å². The second kappa shape index (κ2) is 10.6. The Morgan fingerprint density at radius 1 is 0.903 bits per heavy atom. The van der Waals surface area contributed by atoms with Crippen LogP contribution in [0, 0.1) is 0 Å². The van der Waals surface area contributed by atoms with Crippen molar-refractivity contribution < 1.29 is 32.7 Å². The van der Waals surface area contributed by atoms with Gasteiger partial charge in [-0.05, 0) is 30.2 Å². The van der Waals surface area contributed by atoms with Gasteiger partial charge in [0.1, 0.15) is 6.04 Å². The number of hydrogen-bond acceptors (Lipinski definition) is 3. The molecule has 0 aliphatic rings. The highest BCUT2D eigenvalue weighted by atomic mass is 19.4. The van der Waals surface area contributed by atoms with E-state index >= 15 is 0 Å². The van der Waals surface area contributed by atoms with Gasteiger partial charge in [0, 0.05) is 19.3 Å². The van der Waals surface area contributed by atoms with E-state index in [1.165, 1.54) is 12.1 Å². The number of carbonyl (C=O) groups is 3. The van der Waals surface area contributed by atoms with E-state index in [2.05, 4.69) is 10.6 Å². The van der Waals surface area contributed by atoms with E-state index in [9.17, 15) is 32.7 Å². The largest absolute Gasteiger partial charge is 0.480 e. The average molecular weight is 436 g/mol. The summed E-state index contributed by atoms with van der Waals surface area (Å²) in [4.78, 5) is 35.6. The predicted molar refractivity (Wildman–Crippen MR) is 107 cm³/mol. The minimum Gasteiger partial charge on any atom is -0.480 e. The van der Waals surface area contributed by atoms with Crippen LogP contribution in [0.5, 0.6) is 0 Å². The number of carboxylic acid groups (broad SMARTS) is 1. The first-order valence-electron chi connectivity index (χ1n) is 9.59. The fourth-order valence-electron chi connectivity index (χ4n) is 2.90. The topological polar surface area (TPSA) is 95.5 Å². The van der Waals surface area contributed by atoms with Crippen molar-refractivity contribution in [2.45, 2.75) is 44.4 Å². The molecule has 0 bridgehead atoms. The first-order chi connectivity index (χ1) is 14.6. The van der Waals surface area contributed by atoms with Crippen molar-refractivity contribution in [3.8, 4) is 0 Å². The number of carbonyl (C=O) groups excluding carboxylic acids is 2. The van der Waals surface area contributed by atoms with Gasteiger partial charge in [0.15, 0.2) is 0 Å². The average Bonchev–Trinajstić information content (AvgIpc) is 2.72. The van der Waals surface area contributed by atoms with Crippen molar-refractivity contribution in [1.29, 1.82) is 0 Å². The summed E-state index contributed by atoms with van der Waals surface area (Å²) < 4.78 is 37.9. The number of hydrogen-bond donors (Lipinski definition) is 3. The normalized spacial score (nSPS) is 13.2. The highest BCUT2D eigenvalue weighted by Gasteiger charge is 2.30. The smallest absolute Gasteiger partial charge is 0.416 e. The Hall–Kier alpha value is -3.36. The number of nitrogens with one attached hydrogen (secondary N) is 2. The number of aliphatic carboxylic acids is 1. The number of carboxylic acids is 1. The Bertz CT molecular complexity index is 899. The van der Waals surface area contributed by atoms with E-state index in [0.717, 1.165) is 17.7 Å². The van der Waals surface area contributed by atoms with Crippen LogP contribution in [-0.4, -0.2) is 28.9 Å². The molecule has 0 heterocycles. The number of alkyl halides is 3. The predicted octanol–water partition coefficient (Wildman–Crippen LogP) is 3.47. The first-order valence-corrected chi connectivity index (χ1v) is 9.59. The molecule has 0 radical (unpaired) electrons. The molecule has 3 N–H and O–H groups in total. The lowest BCUT2D eigenvalue weighted by atomic mass is 10.0. The summed E-state index contributed by atoms with van der Waals surface area (Å²) in [5.74, 6) is -2.32. The zero-order valence-corrected chi connectivity index (χ0v) is 16.8. The minimum absolute atomic E-state index is 0.129. The quantitative estimate of drug-likeness (QED) is 0.561. The Morgan fingerprint density at radius 2 is 1.45 bits per heavy atom. The van der Waals surface area contributed by atoms with Gasteiger partial charge in [0.25, 0.3) is 0 Å². The molecule has 6 nitrogen and oxygen atoms in total. The molecule has 2 aromatic carbocycles. The molecular weight excluding hydrogens is 413 g/mol. The zero-order chi connectivity index (χ0) is 23.0. The van der Waals surface area contributed by atoms with Crippen LogP contribution in [0.3, 0.4) is 0 Å². The van der Waals surface area contributed by atoms with Gasteiger partial charge >= 0.3 is 12.1 Å². The van der Waals surface area contributed by atoms with Crippen LogP contribution < -0.4 is 10.6 Å². The van der Waals surface area contributed by atoms with Gasteiger partial charge in [-0.15, -0.1) is 0 Å². The van der Waals surface area contributed by atoms with Gasteiger partial charge in [0.2, 0.25) is 11.8 Å². The maximum Gasteiger partial charge on any atom is 0.416 e. The van der Waals surface area contributed by atoms with Crippen molar-refractivity contribution >= 4 is 17.8 Å². The number of benzene rings is 2. The van der Waals surface area contributed by atoms with Crippen LogP contribution in [0.1, 0.15) is 42.5 Å². The Kier molecular flexibility index (Phi) is 8.18. The molecule has 9 heteroatoms.